The predicted molar refractivity (Wildman–Crippen MR) is 101 cm³/mol. The van der Waals surface area contributed by atoms with Gasteiger partial charge < -0.3 is 9.47 Å². The van der Waals surface area contributed by atoms with Crippen LogP contribution in [0.2, 0.25) is 0 Å². The molecule has 0 amide bonds. The number of benzene rings is 1. The van der Waals surface area contributed by atoms with Gasteiger partial charge in [0, 0.05) is 10.4 Å². The fourth-order valence-electron chi connectivity index (χ4n) is 4.35. The fraction of sp³-hybridized carbons (Fsp3) is 0.333. The molecule has 2 aliphatic rings. The maximum atomic E-state index is 10.2. The number of hydrogen-bond acceptors (Lipinski definition) is 7. The molecule has 2 aliphatic heterocycles. The highest BCUT2D eigenvalue weighted by Crippen LogP contribution is 2.69. The van der Waals surface area contributed by atoms with Crippen LogP contribution in [0.15, 0.2) is 41.8 Å². The second kappa shape index (κ2) is 5.91. The van der Waals surface area contributed by atoms with Gasteiger partial charge in [-0.1, -0.05) is 42.8 Å². The Labute approximate surface area is 166 Å². The first-order chi connectivity index (χ1) is 13.4. The second-order valence-electron chi connectivity index (χ2n) is 7.15. The van der Waals surface area contributed by atoms with E-state index in [1.807, 2.05) is 48.7 Å². The quantitative estimate of drug-likeness (QED) is 0.829. The molecule has 0 saturated carbocycles. The average molecular weight is 388 g/mol. The number of nitrogens with zero attached hydrogens (tertiary/aromatic N) is 3. The molecule has 2 fully saturated rings. The van der Waals surface area contributed by atoms with E-state index in [0.29, 0.717) is 10.4 Å². The fourth-order valence-corrected chi connectivity index (χ4v) is 5.17. The largest absolute Gasteiger partial charge is 0.443 e. The first-order valence-electron chi connectivity index (χ1n) is 8.72. The number of hydrogen-bond donors (Lipinski definition) is 1. The lowest BCUT2D eigenvalue weighted by molar-refractivity contribution is -0.287. The Morgan fingerprint density at radius 2 is 1.75 bits per heavy atom. The van der Waals surface area contributed by atoms with Crippen LogP contribution in [0, 0.1) is 63.1 Å². The van der Waals surface area contributed by atoms with E-state index in [2.05, 4.69) is 6.07 Å². The highest BCUT2D eigenvalue weighted by atomic mass is 32.1. The van der Waals surface area contributed by atoms with Crippen LogP contribution >= 0.6 is 11.3 Å². The van der Waals surface area contributed by atoms with Crippen LogP contribution in [0.25, 0.3) is 0 Å². The molecule has 2 aromatic rings. The molecule has 7 heteroatoms. The van der Waals surface area contributed by atoms with Crippen LogP contribution in [0.4, 0.5) is 0 Å². The molecule has 1 aromatic carbocycles. The van der Waals surface area contributed by atoms with Gasteiger partial charge in [0.1, 0.15) is 6.10 Å². The lowest BCUT2D eigenvalue weighted by atomic mass is 9.54. The van der Waals surface area contributed by atoms with Crippen LogP contribution in [-0.4, -0.2) is 5.90 Å². The summed E-state index contributed by atoms with van der Waals surface area (Å²) in [6.07, 6.45) is -1.03. The van der Waals surface area contributed by atoms with Gasteiger partial charge in [-0.3, -0.25) is 5.41 Å². The standard InChI is InChI=1S/C21H16N4O2S/c1-13-5-7-15(8-6-13)21-14(2)20(12-24,18(25)27-21)19(10-22,11-23)17(26-21)16-4-3-9-28-16/h3-9,14,17,25H,1-2H3. The summed E-state index contributed by atoms with van der Waals surface area (Å²) in [5, 5.41) is 40.8. The van der Waals surface area contributed by atoms with E-state index in [1.54, 1.807) is 19.1 Å². The van der Waals surface area contributed by atoms with Crippen molar-refractivity contribution in [1.29, 1.82) is 21.2 Å². The molecular weight excluding hydrogens is 372 g/mol. The summed E-state index contributed by atoms with van der Waals surface area (Å²) < 4.78 is 12.3. The molecule has 0 radical (unpaired) electrons. The van der Waals surface area contributed by atoms with Crippen molar-refractivity contribution < 1.29 is 9.47 Å². The van der Waals surface area contributed by atoms with Gasteiger partial charge in [0.2, 0.25) is 17.1 Å². The highest BCUT2D eigenvalue weighted by Gasteiger charge is 2.79. The third-order valence-corrected chi connectivity index (χ3v) is 6.84. The number of ether oxygens (including phenoxy) is 2. The number of rotatable bonds is 2. The van der Waals surface area contributed by atoms with Gasteiger partial charge in [0.25, 0.3) is 0 Å². The van der Waals surface area contributed by atoms with Gasteiger partial charge in [-0.25, -0.2) is 0 Å². The summed E-state index contributed by atoms with van der Waals surface area (Å²) in [5.74, 6) is -2.56. The monoisotopic (exact) mass is 388 g/mol. The lowest BCUT2D eigenvalue weighted by Crippen LogP contribution is -2.57. The molecule has 2 bridgehead atoms. The van der Waals surface area contributed by atoms with E-state index in [1.165, 1.54) is 11.3 Å². The normalized spacial score (nSPS) is 32.6. The van der Waals surface area contributed by atoms with Gasteiger partial charge in [0.15, 0.2) is 5.41 Å². The molecule has 28 heavy (non-hydrogen) atoms. The van der Waals surface area contributed by atoms with Crippen molar-refractivity contribution in [3.8, 4) is 18.2 Å². The number of thiophene rings is 1. The van der Waals surface area contributed by atoms with Gasteiger partial charge in [0.05, 0.1) is 24.1 Å². The average Bonchev–Trinajstić information content (AvgIpc) is 3.28. The maximum absolute atomic E-state index is 10.2. The summed E-state index contributed by atoms with van der Waals surface area (Å²) >= 11 is 1.34. The highest BCUT2D eigenvalue weighted by molar-refractivity contribution is 7.10. The Balaban J connectivity index is 2.04. The molecule has 0 aliphatic carbocycles. The topological polar surface area (TPSA) is 114 Å². The van der Waals surface area contributed by atoms with Gasteiger partial charge in [-0.15, -0.1) is 11.3 Å². The van der Waals surface area contributed by atoms with Gasteiger partial charge >= 0.3 is 0 Å². The lowest BCUT2D eigenvalue weighted by Gasteiger charge is -2.48. The van der Waals surface area contributed by atoms with Gasteiger partial charge in [-0.2, -0.15) is 15.8 Å². The van der Waals surface area contributed by atoms with Crippen LogP contribution in [0.3, 0.4) is 0 Å². The van der Waals surface area contributed by atoms with Crippen molar-refractivity contribution in [2.45, 2.75) is 25.7 Å². The third kappa shape index (κ3) is 1.89. The Bertz CT molecular complexity index is 1060. The Morgan fingerprint density at radius 3 is 2.29 bits per heavy atom. The summed E-state index contributed by atoms with van der Waals surface area (Å²) in [6.45, 7) is 3.66. The van der Waals surface area contributed by atoms with E-state index >= 15 is 0 Å². The molecular formula is C21H16N4O2S. The number of nitriles is 3. The van der Waals surface area contributed by atoms with Crippen LogP contribution < -0.4 is 0 Å². The second-order valence-corrected chi connectivity index (χ2v) is 8.13. The van der Waals surface area contributed by atoms with Crippen molar-refractivity contribution in [3.05, 3.63) is 57.8 Å². The van der Waals surface area contributed by atoms with Crippen molar-refractivity contribution in [3.63, 3.8) is 0 Å². The van der Waals surface area contributed by atoms with E-state index in [0.717, 1.165) is 5.56 Å². The number of fused-ring (bicyclic) bond motifs is 2. The molecule has 138 valence electrons. The maximum Gasteiger partial charge on any atom is 0.244 e. The van der Waals surface area contributed by atoms with Gasteiger partial charge in [-0.05, 0) is 18.4 Å². The van der Waals surface area contributed by atoms with Crippen LogP contribution in [0.1, 0.15) is 29.0 Å². The van der Waals surface area contributed by atoms with Crippen molar-refractivity contribution in [1.82, 2.24) is 0 Å². The minimum absolute atomic E-state index is 0.398. The molecule has 6 nitrogen and oxygen atoms in total. The van der Waals surface area contributed by atoms with Crippen molar-refractivity contribution >= 4 is 17.2 Å². The first-order valence-corrected chi connectivity index (χ1v) is 9.60. The van der Waals surface area contributed by atoms with E-state index in [4.69, 9.17) is 14.9 Å². The number of nitrogens with one attached hydrogen (secondary N) is 1. The minimum atomic E-state index is -1.91. The number of aryl methyl sites for hydroxylation is 1. The smallest absolute Gasteiger partial charge is 0.244 e. The summed E-state index contributed by atoms with van der Waals surface area (Å²) in [7, 11) is 0. The summed E-state index contributed by atoms with van der Waals surface area (Å²) in [4.78, 5) is 0.643. The summed E-state index contributed by atoms with van der Waals surface area (Å²) in [6, 6.07) is 17.3. The van der Waals surface area contributed by atoms with Crippen LogP contribution in [-0.2, 0) is 15.3 Å². The van der Waals surface area contributed by atoms with E-state index in [-0.39, 0.29) is 0 Å². The zero-order chi connectivity index (χ0) is 20.2. The Morgan fingerprint density at radius 1 is 1.07 bits per heavy atom. The Kier molecular flexibility index (Phi) is 3.84. The zero-order valence-electron chi connectivity index (χ0n) is 15.3. The molecule has 4 atom stereocenters. The first kappa shape index (κ1) is 18.2. The van der Waals surface area contributed by atoms with E-state index in [9.17, 15) is 15.8 Å². The molecule has 4 unspecified atom stereocenters. The van der Waals surface area contributed by atoms with E-state index < -0.39 is 34.5 Å². The Hall–Kier alpha value is -3.18. The molecule has 1 aromatic heterocycles. The third-order valence-electron chi connectivity index (χ3n) is 5.92. The summed E-state index contributed by atoms with van der Waals surface area (Å²) in [5.41, 5.74) is -1.97. The van der Waals surface area contributed by atoms with Crippen LogP contribution in [0.5, 0.6) is 0 Å². The van der Waals surface area contributed by atoms with Crippen molar-refractivity contribution in [2.24, 2.45) is 16.7 Å². The molecule has 1 N–H and O–H groups in total. The van der Waals surface area contributed by atoms with Crippen molar-refractivity contribution in [2.75, 3.05) is 0 Å². The molecule has 3 heterocycles. The predicted octanol–water partition coefficient (Wildman–Crippen LogP) is 4.17. The molecule has 0 spiro atoms. The SMILES string of the molecule is Cc1ccc(C23OC(=N)C(C#N)(C2C)C(C#N)(C#N)C(c2cccs2)O3)cc1. The zero-order valence-corrected chi connectivity index (χ0v) is 16.1. The molecule has 2 saturated heterocycles. The minimum Gasteiger partial charge on any atom is -0.443 e. The molecule has 4 rings (SSSR count).